The Balaban J connectivity index is 1.38. The van der Waals surface area contributed by atoms with Crippen LogP contribution in [0.1, 0.15) is 0 Å². The number of nitrogens with zero attached hydrogens (tertiary/aromatic N) is 1. The van der Waals surface area contributed by atoms with Gasteiger partial charge in [-0.25, -0.2) is 0 Å². The van der Waals surface area contributed by atoms with E-state index in [4.69, 9.17) is 4.42 Å². The number of anilines is 3. The van der Waals surface area contributed by atoms with Crippen molar-refractivity contribution < 1.29 is 4.42 Å². The minimum atomic E-state index is 0.881. The van der Waals surface area contributed by atoms with Crippen LogP contribution >= 0.6 is 0 Å². The average molecular weight is 512 g/mol. The smallest absolute Gasteiger partial charge is 0.143 e. The van der Waals surface area contributed by atoms with Gasteiger partial charge in [0.1, 0.15) is 11.2 Å². The average Bonchev–Trinajstić information content (AvgIpc) is 3.40. The van der Waals surface area contributed by atoms with E-state index in [1.54, 1.807) is 0 Å². The Morgan fingerprint density at radius 1 is 0.425 bits per heavy atom. The third kappa shape index (κ3) is 3.65. The molecule has 8 aromatic rings. The first-order valence-corrected chi connectivity index (χ1v) is 13.6. The van der Waals surface area contributed by atoms with Gasteiger partial charge < -0.3 is 9.32 Å². The quantitative estimate of drug-likeness (QED) is 0.234. The summed E-state index contributed by atoms with van der Waals surface area (Å²) >= 11 is 0. The third-order valence-corrected chi connectivity index (χ3v) is 7.83. The van der Waals surface area contributed by atoms with Crippen LogP contribution in [0.25, 0.3) is 54.6 Å². The van der Waals surface area contributed by atoms with Crippen molar-refractivity contribution in [1.29, 1.82) is 0 Å². The Labute approximate surface area is 232 Å². The first-order valence-electron chi connectivity index (χ1n) is 13.6. The van der Waals surface area contributed by atoms with Crippen molar-refractivity contribution in [3.05, 3.63) is 152 Å². The molecular formula is C38H25NO. The van der Waals surface area contributed by atoms with Crippen molar-refractivity contribution >= 4 is 60.5 Å². The lowest BCUT2D eigenvalue weighted by Gasteiger charge is -2.28. The van der Waals surface area contributed by atoms with E-state index in [1.165, 1.54) is 27.3 Å². The molecule has 2 heteroatoms. The van der Waals surface area contributed by atoms with Gasteiger partial charge in [0, 0.05) is 39.2 Å². The van der Waals surface area contributed by atoms with Crippen molar-refractivity contribution in [2.45, 2.75) is 0 Å². The fourth-order valence-corrected chi connectivity index (χ4v) is 5.91. The second-order valence-electron chi connectivity index (χ2n) is 10.2. The summed E-state index contributed by atoms with van der Waals surface area (Å²) in [7, 11) is 0. The van der Waals surface area contributed by atoms with E-state index in [1.807, 2.05) is 0 Å². The molecule has 2 nitrogen and oxygen atoms in total. The van der Waals surface area contributed by atoms with E-state index in [0.29, 0.717) is 0 Å². The predicted molar refractivity (Wildman–Crippen MR) is 169 cm³/mol. The molecule has 188 valence electrons. The Morgan fingerprint density at radius 2 is 1.07 bits per heavy atom. The molecule has 40 heavy (non-hydrogen) atoms. The van der Waals surface area contributed by atoms with Crippen LogP contribution in [0.3, 0.4) is 0 Å². The Hall–Kier alpha value is -5.34. The van der Waals surface area contributed by atoms with Gasteiger partial charge in [-0.15, -0.1) is 0 Å². The van der Waals surface area contributed by atoms with Crippen LogP contribution in [0.4, 0.5) is 17.1 Å². The summed E-state index contributed by atoms with van der Waals surface area (Å²) in [4.78, 5) is 2.35. The minimum absolute atomic E-state index is 0.881. The summed E-state index contributed by atoms with van der Waals surface area (Å²) in [6.45, 7) is 0. The molecule has 0 aliphatic heterocycles. The van der Waals surface area contributed by atoms with Gasteiger partial charge in [-0.3, -0.25) is 0 Å². The van der Waals surface area contributed by atoms with E-state index < -0.39 is 0 Å². The summed E-state index contributed by atoms with van der Waals surface area (Å²) < 4.78 is 6.59. The largest absolute Gasteiger partial charge is 0.455 e. The topological polar surface area (TPSA) is 16.4 Å². The Morgan fingerprint density at radius 3 is 1.98 bits per heavy atom. The summed E-state index contributed by atoms with van der Waals surface area (Å²) in [6.07, 6.45) is 0. The first-order chi connectivity index (χ1) is 19.8. The number of furan rings is 1. The zero-order valence-electron chi connectivity index (χ0n) is 21.8. The number of rotatable bonds is 4. The van der Waals surface area contributed by atoms with E-state index in [2.05, 4.69) is 157 Å². The van der Waals surface area contributed by atoms with Gasteiger partial charge in [0.2, 0.25) is 0 Å². The molecule has 0 fully saturated rings. The molecule has 0 saturated carbocycles. The molecule has 0 amide bonds. The molecule has 1 heterocycles. The maximum Gasteiger partial charge on any atom is 0.143 e. The lowest BCUT2D eigenvalue weighted by molar-refractivity contribution is 0.672. The van der Waals surface area contributed by atoms with Crippen molar-refractivity contribution in [3.8, 4) is 11.1 Å². The van der Waals surface area contributed by atoms with Gasteiger partial charge in [0.05, 0.1) is 5.69 Å². The van der Waals surface area contributed by atoms with Crippen LogP contribution < -0.4 is 4.90 Å². The standard InChI is InChI=1S/C38H25NO/c1-2-11-27(12-3-1)32-15-8-9-17-36(32)39(30-20-18-26-10-4-5-14-29(26)24-30)31-21-23-34-35-22-19-28-13-6-7-16-33(28)38(35)40-37(34)25-31/h1-25H. The third-order valence-electron chi connectivity index (χ3n) is 7.83. The molecule has 0 spiro atoms. The molecule has 8 rings (SSSR count). The van der Waals surface area contributed by atoms with Crippen molar-refractivity contribution in [1.82, 2.24) is 0 Å². The SMILES string of the molecule is c1ccc(-c2ccccc2N(c2ccc3ccccc3c2)c2ccc3c(c2)oc2c4ccccc4ccc32)cc1. The van der Waals surface area contributed by atoms with Crippen molar-refractivity contribution in [2.24, 2.45) is 0 Å². The summed E-state index contributed by atoms with van der Waals surface area (Å²) in [6, 6.07) is 53.8. The highest BCUT2D eigenvalue weighted by molar-refractivity contribution is 6.15. The molecular weight excluding hydrogens is 486 g/mol. The monoisotopic (exact) mass is 511 g/mol. The maximum atomic E-state index is 6.59. The van der Waals surface area contributed by atoms with E-state index in [0.717, 1.165) is 44.4 Å². The molecule has 7 aromatic carbocycles. The molecule has 0 bridgehead atoms. The van der Waals surface area contributed by atoms with Crippen LogP contribution in [-0.2, 0) is 0 Å². The van der Waals surface area contributed by atoms with Gasteiger partial charge in [-0.2, -0.15) is 0 Å². The molecule has 0 radical (unpaired) electrons. The zero-order valence-corrected chi connectivity index (χ0v) is 21.8. The number of hydrogen-bond acceptors (Lipinski definition) is 2. The van der Waals surface area contributed by atoms with Crippen LogP contribution in [0.2, 0.25) is 0 Å². The number of hydrogen-bond donors (Lipinski definition) is 0. The predicted octanol–water partition coefficient (Wildman–Crippen LogP) is 11.0. The second-order valence-corrected chi connectivity index (χ2v) is 10.2. The van der Waals surface area contributed by atoms with Gasteiger partial charge in [-0.1, -0.05) is 109 Å². The number of fused-ring (bicyclic) bond motifs is 6. The van der Waals surface area contributed by atoms with E-state index >= 15 is 0 Å². The van der Waals surface area contributed by atoms with Gasteiger partial charge >= 0.3 is 0 Å². The maximum absolute atomic E-state index is 6.59. The second kappa shape index (κ2) is 9.14. The normalized spacial score (nSPS) is 11.5. The van der Waals surface area contributed by atoms with E-state index in [9.17, 15) is 0 Å². The van der Waals surface area contributed by atoms with Crippen LogP contribution in [-0.4, -0.2) is 0 Å². The van der Waals surface area contributed by atoms with Crippen LogP contribution in [0, 0.1) is 0 Å². The number of benzene rings is 7. The molecule has 1 aromatic heterocycles. The van der Waals surface area contributed by atoms with Crippen LogP contribution in [0.5, 0.6) is 0 Å². The van der Waals surface area contributed by atoms with Gasteiger partial charge in [0.15, 0.2) is 0 Å². The zero-order chi connectivity index (χ0) is 26.5. The highest BCUT2D eigenvalue weighted by Gasteiger charge is 2.19. The van der Waals surface area contributed by atoms with Crippen molar-refractivity contribution in [2.75, 3.05) is 4.90 Å². The fraction of sp³-hybridized carbons (Fsp3) is 0. The Kier molecular flexibility index (Phi) is 5.17. The number of para-hydroxylation sites is 1. The van der Waals surface area contributed by atoms with Gasteiger partial charge in [-0.05, 0) is 58.1 Å². The molecule has 0 N–H and O–H groups in total. The first kappa shape index (κ1) is 22.6. The van der Waals surface area contributed by atoms with Gasteiger partial charge in [0.25, 0.3) is 0 Å². The minimum Gasteiger partial charge on any atom is -0.455 e. The molecule has 0 unspecified atom stereocenters. The summed E-state index contributed by atoms with van der Waals surface area (Å²) in [5, 5.41) is 7.02. The van der Waals surface area contributed by atoms with Crippen LogP contribution in [0.15, 0.2) is 156 Å². The van der Waals surface area contributed by atoms with E-state index in [-0.39, 0.29) is 0 Å². The highest BCUT2D eigenvalue weighted by atomic mass is 16.3. The molecule has 0 saturated heterocycles. The highest BCUT2D eigenvalue weighted by Crippen LogP contribution is 2.43. The lowest BCUT2D eigenvalue weighted by Crippen LogP contribution is -2.11. The summed E-state index contributed by atoms with van der Waals surface area (Å²) in [5.74, 6) is 0. The molecule has 0 aliphatic carbocycles. The van der Waals surface area contributed by atoms with Crippen molar-refractivity contribution in [3.63, 3.8) is 0 Å². The molecule has 0 atom stereocenters. The fourth-order valence-electron chi connectivity index (χ4n) is 5.91. The summed E-state index contributed by atoms with van der Waals surface area (Å²) in [5.41, 5.74) is 7.44. The Bertz CT molecular complexity index is 2170. The molecule has 0 aliphatic rings. The lowest BCUT2D eigenvalue weighted by atomic mass is 10.0.